The summed E-state index contributed by atoms with van der Waals surface area (Å²) in [5, 5.41) is 24.8. The molecule has 2 aromatic carbocycles. The summed E-state index contributed by atoms with van der Waals surface area (Å²) in [4.78, 5) is 64.9. The number of carbonyl (C=O) groups is 4. The maximum Gasteiger partial charge on any atom is 0.262 e. The van der Waals surface area contributed by atoms with Gasteiger partial charge in [0.05, 0.1) is 78.4 Å². The highest BCUT2D eigenvalue weighted by atomic mass is 79.9. The first-order valence-electron chi connectivity index (χ1n) is 21.4. The van der Waals surface area contributed by atoms with Crippen molar-refractivity contribution >= 4 is 124 Å². The topological polar surface area (TPSA) is 208 Å². The van der Waals surface area contributed by atoms with Gasteiger partial charge in [0.2, 0.25) is 12.4 Å². The first-order chi connectivity index (χ1) is 32.8. The van der Waals surface area contributed by atoms with E-state index in [9.17, 15) is 19.2 Å². The molecule has 0 radical (unpaired) electrons. The summed E-state index contributed by atoms with van der Waals surface area (Å²) >= 11 is 22.5. The van der Waals surface area contributed by atoms with E-state index in [-0.39, 0.29) is 49.4 Å². The number of halogens is 4. The number of ketones is 2. The lowest BCUT2D eigenvalue weighted by atomic mass is 9.88. The summed E-state index contributed by atoms with van der Waals surface area (Å²) in [6.07, 6.45) is 5.72. The Bertz CT molecular complexity index is 2490. The Balaban J connectivity index is 0.000000201. The van der Waals surface area contributed by atoms with E-state index in [1.54, 1.807) is 36.4 Å². The Morgan fingerprint density at radius 2 is 1.06 bits per heavy atom. The Hall–Kier alpha value is -4.58. The van der Waals surface area contributed by atoms with E-state index in [4.69, 9.17) is 52.7 Å². The van der Waals surface area contributed by atoms with Crippen molar-refractivity contribution < 1.29 is 38.1 Å². The minimum atomic E-state index is -1.08. The highest BCUT2D eigenvalue weighted by Gasteiger charge is 2.45. The molecule has 4 aromatic rings. The van der Waals surface area contributed by atoms with E-state index in [1.807, 2.05) is 46.5 Å². The molecule has 4 saturated heterocycles. The van der Waals surface area contributed by atoms with E-state index >= 15 is 0 Å². The lowest BCUT2D eigenvalue weighted by Gasteiger charge is -2.27. The number of Topliss-reactive ketones (excluding diaryl/α,β-unsaturated/α-hetero) is 2. The molecule has 68 heavy (non-hydrogen) atoms. The van der Waals surface area contributed by atoms with Crippen LogP contribution in [0.1, 0.15) is 56.2 Å². The summed E-state index contributed by atoms with van der Waals surface area (Å²) < 4.78 is 23.7. The smallest absolute Gasteiger partial charge is 0.262 e. The van der Waals surface area contributed by atoms with Crippen LogP contribution in [0.4, 0.5) is 11.4 Å². The number of nitrogens with one attached hydrogen (secondary N) is 2. The quantitative estimate of drug-likeness (QED) is 0.130. The summed E-state index contributed by atoms with van der Waals surface area (Å²) in [5.41, 5.74) is 0.702. The Kier molecular flexibility index (Phi) is 18.0. The molecular weight excluding hydrogens is 1090 g/mol. The van der Waals surface area contributed by atoms with Crippen LogP contribution < -0.4 is 20.4 Å². The van der Waals surface area contributed by atoms with Crippen LogP contribution in [0.3, 0.4) is 0 Å². The maximum atomic E-state index is 13.4. The lowest BCUT2D eigenvalue weighted by molar-refractivity contribution is -0.125. The molecule has 0 spiro atoms. The summed E-state index contributed by atoms with van der Waals surface area (Å²) in [5.74, 6) is 0.332. The molecule has 2 amide bonds. The second kappa shape index (κ2) is 23.8. The molecule has 4 fully saturated rings. The molecular formula is C46H44Br2Cl2N8O8S2. The number of benzene rings is 2. The SMILES string of the molecule is N#CN=C1CCOCCN1c1ccc(CC(=O)[C@@]2(NC(=O)c3ccc(Br)s3)CCOC2)cc1Cl.N#CN=C1CCOCCN1c1ccc(CC(=O)[C@]2(NC(=O)c3ccc(Br)s3)CCOC2)cc1Cl. The van der Waals surface area contributed by atoms with Crippen LogP contribution in [0.25, 0.3) is 0 Å². The Morgan fingerprint density at radius 1 is 0.632 bits per heavy atom. The van der Waals surface area contributed by atoms with Crippen molar-refractivity contribution in [3.8, 4) is 12.4 Å². The molecule has 0 bridgehead atoms. The fourth-order valence-electron chi connectivity index (χ4n) is 8.04. The van der Waals surface area contributed by atoms with E-state index in [0.717, 1.165) is 18.7 Å². The lowest BCUT2D eigenvalue weighted by Crippen LogP contribution is -2.55. The molecule has 0 saturated carbocycles. The van der Waals surface area contributed by atoms with Gasteiger partial charge >= 0.3 is 0 Å². The number of hydrogen-bond acceptors (Lipinski definition) is 14. The van der Waals surface area contributed by atoms with Crippen LogP contribution in [0.2, 0.25) is 10.0 Å². The zero-order valence-electron chi connectivity index (χ0n) is 36.4. The predicted molar refractivity (Wildman–Crippen MR) is 267 cm³/mol. The van der Waals surface area contributed by atoms with Crippen molar-refractivity contribution in [3.63, 3.8) is 0 Å². The molecule has 356 valence electrons. The Labute approximate surface area is 427 Å². The molecule has 6 heterocycles. The second-order valence-corrected chi connectivity index (χ2v) is 21.7. The maximum absolute atomic E-state index is 13.4. The highest BCUT2D eigenvalue weighted by molar-refractivity contribution is 9.11. The normalized spacial score (nSPS) is 21.8. The third-order valence-corrected chi connectivity index (χ3v) is 15.4. The first kappa shape index (κ1) is 51.3. The van der Waals surface area contributed by atoms with Crippen LogP contribution in [-0.2, 0) is 41.4 Å². The van der Waals surface area contributed by atoms with Gasteiger partial charge in [0, 0.05) is 64.8 Å². The van der Waals surface area contributed by atoms with Gasteiger partial charge in [0.1, 0.15) is 22.7 Å². The predicted octanol–water partition coefficient (Wildman–Crippen LogP) is 7.94. The number of amidine groups is 2. The molecule has 8 rings (SSSR count). The van der Waals surface area contributed by atoms with E-state index in [0.29, 0.717) is 121 Å². The fraction of sp³-hybridized carbons (Fsp3) is 0.391. The average molecular weight is 1130 g/mol. The molecule has 2 aromatic heterocycles. The first-order valence-corrected chi connectivity index (χ1v) is 25.4. The van der Waals surface area contributed by atoms with Gasteiger partial charge in [-0.25, -0.2) is 0 Å². The van der Waals surface area contributed by atoms with Gasteiger partial charge in [-0.15, -0.1) is 22.7 Å². The summed E-state index contributed by atoms with van der Waals surface area (Å²) in [6.45, 7) is 4.06. The number of hydrogen-bond donors (Lipinski definition) is 2. The minimum Gasteiger partial charge on any atom is -0.379 e. The number of anilines is 2. The number of thiophene rings is 2. The average Bonchev–Trinajstić information content (AvgIpc) is 4.12. The fourth-order valence-corrected chi connectivity index (χ4v) is 11.2. The van der Waals surface area contributed by atoms with Crippen LogP contribution in [0, 0.1) is 22.9 Å². The van der Waals surface area contributed by atoms with Gasteiger partial charge in [0.15, 0.2) is 11.6 Å². The van der Waals surface area contributed by atoms with E-state index < -0.39 is 11.1 Å². The van der Waals surface area contributed by atoms with Gasteiger partial charge in [-0.2, -0.15) is 20.5 Å². The standard InChI is InChI=1S/2C23H22BrClN4O4S/c2*24-20-4-3-18(34-20)22(31)28-23(6-9-33-13-23)19(30)12-15-1-2-17(16(25)11-15)29-7-10-32-8-5-21(29)27-14-26/h2*1-4,11H,5-10,12-13H2,(H,28,31)/t2*23-/m10/s1. The van der Waals surface area contributed by atoms with Crippen LogP contribution in [-0.4, -0.2) is 112 Å². The van der Waals surface area contributed by atoms with Crippen molar-refractivity contribution in [1.29, 1.82) is 10.5 Å². The number of aliphatic imine (C=N–C) groups is 2. The van der Waals surface area contributed by atoms with Crippen molar-refractivity contribution in [2.45, 2.75) is 49.6 Å². The van der Waals surface area contributed by atoms with Crippen molar-refractivity contribution in [2.24, 2.45) is 9.98 Å². The molecule has 4 aliphatic rings. The monoisotopic (exact) mass is 1130 g/mol. The summed E-state index contributed by atoms with van der Waals surface area (Å²) in [7, 11) is 0. The number of rotatable bonds is 12. The molecule has 0 unspecified atom stereocenters. The molecule has 2 N–H and O–H groups in total. The van der Waals surface area contributed by atoms with Gasteiger partial charge in [-0.3, -0.25) is 19.2 Å². The number of nitriles is 2. The number of nitrogens with zero attached hydrogens (tertiary/aromatic N) is 6. The van der Waals surface area contributed by atoms with Crippen molar-refractivity contribution in [2.75, 3.05) is 75.7 Å². The van der Waals surface area contributed by atoms with Crippen molar-refractivity contribution in [3.05, 3.63) is 99.2 Å². The van der Waals surface area contributed by atoms with Gasteiger partial charge in [-0.05, 0) is 91.5 Å². The van der Waals surface area contributed by atoms with Gasteiger partial charge < -0.3 is 39.4 Å². The van der Waals surface area contributed by atoms with E-state index in [2.05, 4.69) is 52.5 Å². The van der Waals surface area contributed by atoms with Crippen LogP contribution >= 0.6 is 77.7 Å². The molecule has 22 heteroatoms. The highest BCUT2D eigenvalue weighted by Crippen LogP contribution is 2.33. The van der Waals surface area contributed by atoms with Gasteiger partial charge in [0.25, 0.3) is 11.8 Å². The largest absolute Gasteiger partial charge is 0.379 e. The number of carbonyl (C=O) groups excluding carboxylic acids is 4. The Morgan fingerprint density at radius 3 is 1.40 bits per heavy atom. The van der Waals surface area contributed by atoms with Crippen LogP contribution in [0.15, 0.2) is 78.2 Å². The third-order valence-electron chi connectivity index (χ3n) is 11.6. The zero-order valence-corrected chi connectivity index (χ0v) is 42.7. The summed E-state index contributed by atoms with van der Waals surface area (Å²) in [6, 6.07) is 17.8. The van der Waals surface area contributed by atoms with Crippen LogP contribution in [0.5, 0.6) is 0 Å². The molecule has 4 aliphatic heterocycles. The van der Waals surface area contributed by atoms with Gasteiger partial charge in [-0.1, -0.05) is 35.3 Å². The molecule has 0 aliphatic carbocycles. The zero-order chi connectivity index (χ0) is 48.3. The second-order valence-electron chi connectivity index (χ2n) is 15.9. The van der Waals surface area contributed by atoms with Crippen molar-refractivity contribution in [1.82, 2.24) is 10.6 Å². The molecule has 16 nitrogen and oxygen atoms in total. The number of ether oxygens (including phenoxy) is 4. The third kappa shape index (κ3) is 12.6. The van der Waals surface area contributed by atoms with E-state index in [1.165, 1.54) is 22.7 Å². The number of amides is 2. The molecule has 2 atom stereocenters. The minimum absolute atomic E-state index is 0.0973.